The van der Waals surface area contributed by atoms with Crippen molar-refractivity contribution in [3.8, 4) is 0 Å². The molecule has 0 saturated carbocycles. The first-order valence-corrected chi connectivity index (χ1v) is 7.78. The molecule has 0 radical (unpaired) electrons. The fraction of sp³-hybridized carbons (Fsp3) is 0.867. The maximum atomic E-state index is 11.6. The third-order valence-corrected chi connectivity index (χ3v) is 3.61. The smallest absolute Gasteiger partial charge is 0.303 e. The molecule has 0 unspecified atom stereocenters. The number of hydrogen-bond acceptors (Lipinski definition) is 3. The van der Waals surface area contributed by atoms with Gasteiger partial charge >= 0.3 is 5.97 Å². The van der Waals surface area contributed by atoms with Crippen LogP contribution in [0.3, 0.4) is 0 Å². The van der Waals surface area contributed by atoms with Gasteiger partial charge in [-0.2, -0.15) is 0 Å². The highest BCUT2D eigenvalue weighted by Crippen LogP contribution is 2.16. The van der Waals surface area contributed by atoms with Crippen molar-refractivity contribution >= 4 is 11.9 Å². The van der Waals surface area contributed by atoms with Gasteiger partial charge in [-0.05, 0) is 38.5 Å². The second-order valence-corrected chi connectivity index (χ2v) is 5.44. The van der Waals surface area contributed by atoms with Gasteiger partial charge in [0.2, 0.25) is 5.91 Å². The van der Waals surface area contributed by atoms with Crippen LogP contribution in [0.15, 0.2) is 0 Å². The van der Waals surface area contributed by atoms with E-state index >= 15 is 0 Å². The number of carbonyl (C=O) groups is 2. The average molecular weight is 285 g/mol. The minimum atomic E-state index is -0.733. The molecular weight excluding hydrogens is 258 g/mol. The van der Waals surface area contributed by atoms with E-state index in [4.69, 9.17) is 9.84 Å². The molecule has 0 spiro atoms. The van der Waals surface area contributed by atoms with Crippen LogP contribution in [0.25, 0.3) is 0 Å². The Morgan fingerprint density at radius 3 is 2.60 bits per heavy atom. The van der Waals surface area contributed by atoms with Gasteiger partial charge in [0.1, 0.15) is 0 Å². The summed E-state index contributed by atoms with van der Waals surface area (Å²) in [6.45, 7) is 1.53. The molecule has 1 saturated heterocycles. The zero-order chi connectivity index (χ0) is 14.6. The number of rotatable bonds is 10. The van der Waals surface area contributed by atoms with Crippen LogP contribution in [0.4, 0.5) is 0 Å². The zero-order valence-electron chi connectivity index (χ0n) is 12.2. The Labute approximate surface area is 121 Å². The van der Waals surface area contributed by atoms with E-state index in [9.17, 15) is 9.59 Å². The molecule has 116 valence electrons. The van der Waals surface area contributed by atoms with E-state index in [1.54, 1.807) is 0 Å². The summed E-state index contributed by atoms with van der Waals surface area (Å²) in [5, 5.41) is 11.4. The minimum Gasteiger partial charge on any atom is -0.481 e. The number of hydrogen-bond donors (Lipinski definition) is 2. The first kappa shape index (κ1) is 17.0. The summed E-state index contributed by atoms with van der Waals surface area (Å²) in [6.07, 6.45) is 8.85. The minimum absolute atomic E-state index is 0.102. The third kappa shape index (κ3) is 8.91. The van der Waals surface area contributed by atoms with Gasteiger partial charge in [0, 0.05) is 26.0 Å². The highest BCUT2D eigenvalue weighted by atomic mass is 16.5. The zero-order valence-corrected chi connectivity index (χ0v) is 12.2. The lowest BCUT2D eigenvalue weighted by Gasteiger charge is -2.22. The molecule has 0 aromatic rings. The van der Waals surface area contributed by atoms with Crippen LogP contribution < -0.4 is 5.32 Å². The van der Waals surface area contributed by atoms with Gasteiger partial charge in [0.25, 0.3) is 0 Å². The van der Waals surface area contributed by atoms with Crippen LogP contribution in [-0.4, -0.2) is 36.2 Å². The molecule has 1 aliphatic rings. The van der Waals surface area contributed by atoms with Crippen LogP contribution in [0.2, 0.25) is 0 Å². The van der Waals surface area contributed by atoms with Crippen molar-refractivity contribution in [2.24, 2.45) is 0 Å². The maximum Gasteiger partial charge on any atom is 0.303 e. The summed E-state index contributed by atoms with van der Waals surface area (Å²) in [5.41, 5.74) is 0. The van der Waals surface area contributed by atoms with Crippen molar-refractivity contribution in [2.45, 2.75) is 70.3 Å². The lowest BCUT2D eigenvalue weighted by molar-refractivity contribution is -0.137. The molecule has 1 rings (SSSR count). The number of unbranched alkanes of at least 4 members (excludes halogenated alkanes) is 3. The van der Waals surface area contributed by atoms with E-state index < -0.39 is 5.97 Å². The van der Waals surface area contributed by atoms with Gasteiger partial charge in [0.15, 0.2) is 0 Å². The van der Waals surface area contributed by atoms with Gasteiger partial charge in [0.05, 0.1) is 6.10 Å². The molecule has 2 N–H and O–H groups in total. The van der Waals surface area contributed by atoms with Gasteiger partial charge in [-0.1, -0.05) is 12.8 Å². The second kappa shape index (κ2) is 10.7. The van der Waals surface area contributed by atoms with E-state index in [1.165, 1.54) is 6.42 Å². The van der Waals surface area contributed by atoms with Crippen LogP contribution in [0.5, 0.6) is 0 Å². The molecule has 1 fully saturated rings. The molecule has 0 aromatic heterocycles. The summed E-state index contributed by atoms with van der Waals surface area (Å²) in [6, 6.07) is 0. The summed E-state index contributed by atoms with van der Waals surface area (Å²) < 4.78 is 5.59. The molecule has 1 amide bonds. The van der Waals surface area contributed by atoms with Crippen LogP contribution in [0.1, 0.15) is 64.2 Å². The number of carboxylic acid groups (broad SMARTS) is 1. The molecule has 0 aliphatic carbocycles. The SMILES string of the molecule is O=C(O)CCCCCCNC(=O)CC[C@@H]1CCCCO1. The van der Waals surface area contributed by atoms with Gasteiger partial charge in [-0.25, -0.2) is 0 Å². The topological polar surface area (TPSA) is 75.6 Å². The Bertz CT molecular complexity index is 288. The van der Waals surface area contributed by atoms with Crippen molar-refractivity contribution in [3.63, 3.8) is 0 Å². The Kier molecular flexibility index (Phi) is 9.04. The molecule has 0 bridgehead atoms. The van der Waals surface area contributed by atoms with E-state index in [-0.39, 0.29) is 18.4 Å². The second-order valence-electron chi connectivity index (χ2n) is 5.44. The van der Waals surface area contributed by atoms with Gasteiger partial charge < -0.3 is 15.2 Å². The van der Waals surface area contributed by atoms with E-state index in [2.05, 4.69) is 5.32 Å². The number of carbonyl (C=O) groups excluding carboxylic acids is 1. The number of amides is 1. The predicted octanol–water partition coefficient (Wildman–Crippen LogP) is 2.49. The lowest BCUT2D eigenvalue weighted by Crippen LogP contribution is -2.27. The fourth-order valence-electron chi connectivity index (χ4n) is 2.40. The molecule has 0 aromatic carbocycles. The highest BCUT2D eigenvalue weighted by Gasteiger charge is 2.14. The van der Waals surface area contributed by atoms with Gasteiger partial charge in [-0.3, -0.25) is 9.59 Å². The Morgan fingerprint density at radius 1 is 1.10 bits per heavy atom. The van der Waals surface area contributed by atoms with Crippen molar-refractivity contribution in [3.05, 3.63) is 0 Å². The molecule has 1 atom stereocenters. The monoisotopic (exact) mass is 285 g/mol. The van der Waals surface area contributed by atoms with Crippen molar-refractivity contribution in [1.29, 1.82) is 0 Å². The van der Waals surface area contributed by atoms with Crippen molar-refractivity contribution in [1.82, 2.24) is 5.32 Å². The summed E-state index contributed by atoms with van der Waals surface area (Å²) in [4.78, 5) is 21.9. The third-order valence-electron chi connectivity index (χ3n) is 3.61. The molecule has 1 aliphatic heterocycles. The van der Waals surface area contributed by atoms with Crippen LogP contribution in [-0.2, 0) is 14.3 Å². The normalized spacial score (nSPS) is 18.7. The predicted molar refractivity (Wildman–Crippen MR) is 76.6 cm³/mol. The average Bonchev–Trinajstić information content (AvgIpc) is 2.45. The highest BCUT2D eigenvalue weighted by molar-refractivity contribution is 5.75. The molecule has 5 heteroatoms. The lowest BCUT2D eigenvalue weighted by atomic mass is 10.0. The van der Waals surface area contributed by atoms with Crippen LogP contribution in [0, 0.1) is 0 Å². The van der Waals surface area contributed by atoms with E-state index in [0.717, 1.165) is 51.6 Å². The Balaban J connectivity index is 1.88. The number of ether oxygens (including phenoxy) is 1. The van der Waals surface area contributed by atoms with Crippen molar-refractivity contribution in [2.75, 3.05) is 13.2 Å². The first-order chi connectivity index (χ1) is 9.68. The quantitative estimate of drug-likeness (QED) is 0.605. The number of nitrogens with one attached hydrogen (secondary N) is 1. The number of aliphatic carboxylic acids is 1. The summed E-state index contributed by atoms with van der Waals surface area (Å²) in [5.74, 6) is -0.632. The Morgan fingerprint density at radius 2 is 1.90 bits per heavy atom. The first-order valence-electron chi connectivity index (χ1n) is 7.78. The van der Waals surface area contributed by atoms with E-state index in [1.807, 2.05) is 0 Å². The van der Waals surface area contributed by atoms with Gasteiger partial charge in [-0.15, -0.1) is 0 Å². The van der Waals surface area contributed by atoms with Crippen molar-refractivity contribution < 1.29 is 19.4 Å². The largest absolute Gasteiger partial charge is 0.481 e. The standard InChI is InChI=1S/C15H27NO4/c17-14(10-9-13-7-4-6-12-20-13)16-11-5-2-1-3-8-15(18)19/h13H,1-12H2,(H,16,17)(H,18,19)/t13-/m0/s1. The molecular formula is C15H27NO4. The van der Waals surface area contributed by atoms with Crippen LogP contribution >= 0.6 is 0 Å². The van der Waals surface area contributed by atoms with E-state index in [0.29, 0.717) is 13.0 Å². The summed E-state index contributed by atoms with van der Waals surface area (Å²) >= 11 is 0. The maximum absolute atomic E-state index is 11.6. The molecule has 5 nitrogen and oxygen atoms in total. The molecule has 1 heterocycles. The fourth-order valence-corrected chi connectivity index (χ4v) is 2.40. The summed E-state index contributed by atoms with van der Waals surface area (Å²) in [7, 11) is 0. The Hall–Kier alpha value is -1.10. The molecule has 20 heavy (non-hydrogen) atoms. The number of carboxylic acids is 1.